The first-order valence-electron chi connectivity index (χ1n) is 10.6. The van der Waals surface area contributed by atoms with E-state index in [-0.39, 0.29) is 24.1 Å². The molecule has 0 bridgehead atoms. The van der Waals surface area contributed by atoms with Gasteiger partial charge in [-0.1, -0.05) is 25.1 Å². The molecule has 3 aliphatic rings. The summed E-state index contributed by atoms with van der Waals surface area (Å²) in [6.07, 6.45) is 4.01. The van der Waals surface area contributed by atoms with Crippen LogP contribution in [0.2, 0.25) is 0 Å². The Labute approximate surface area is 177 Å². The molecule has 30 heavy (non-hydrogen) atoms. The van der Waals surface area contributed by atoms with E-state index >= 15 is 0 Å². The maximum atomic E-state index is 13.0. The largest absolute Gasteiger partial charge is 0.341 e. The topological polar surface area (TPSA) is 83.5 Å². The molecule has 0 saturated carbocycles. The van der Waals surface area contributed by atoms with Crippen LogP contribution in [0.3, 0.4) is 0 Å². The summed E-state index contributed by atoms with van der Waals surface area (Å²) in [7, 11) is -3.36. The Morgan fingerprint density at radius 2 is 1.93 bits per heavy atom. The van der Waals surface area contributed by atoms with Gasteiger partial charge in [0.2, 0.25) is 5.95 Å². The van der Waals surface area contributed by atoms with Gasteiger partial charge in [-0.2, -0.15) is 0 Å². The molecule has 158 valence electrons. The number of benzene rings is 1. The molecule has 0 N–H and O–H groups in total. The third-order valence-corrected chi connectivity index (χ3v) is 8.68. The molecule has 0 aliphatic carbocycles. The number of sulfone groups is 1. The molecule has 2 fully saturated rings. The summed E-state index contributed by atoms with van der Waals surface area (Å²) < 4.78 is 25.9. The Morgan fingerprint density at radius 3 is 2.70 bits per heavy atom. The number of piperidine rings is 1. The van der Waals surface area contributed by atoms with Crippen LogP contribution in [0.25, 0.3) is 0 Å². The average Bonchev–Trinajstić information content (AvgIpc) is 3.20. The fraction of sp³-hybridized carbons (Fsp3) is 0.500. The summed E-state index contributed by atoms with van der Waals surface area (Å²) in [5.41, 5.74) is 2.07. The first-order valence-corrected chi connectivity index (χ1v) is 12.3. The lowest BCUT2D eigenvalue weighted by Gasteiger charge is -2.32. The molecule has 2 saturated heterocycles. The molecular formula is C22H26N4O3S. The summed E-state index contributed by atoms with van der Waals surface area (Å²) in [6, 6.07) is 9.04. The Hall–Kier alpha value is -2.48. The summed E-state index contributed by atoms with van der Waals surface area (Å²) in [6.45, 7) is 4.67. The minimum Gasteiger partial charge on any atom is -0.341 e. The lowest BCUT2D eigenvalue weighted by Crippen LogP contribution is -2.38. The van der Waals surface area contributed by atoms with Crippen molar-refractivity contribution in [3.8, 4) is 0 Å². The summed E-state index contributed by atoms with van der Waals surface area (Å²) in [5, 5.41) is -0.597. The van der Waals surface area contributed by atoms with Crippen molar-refractivity contribution in [1.82, 2.24) is 14.9 Å². The number of fused-ring (bicyclic) bond motifs is 3. The molecule has 1 aromatic heterocycles. The lowest BCUT2D eigenvalue weighted by atomic mass is 9.99. The normalized spacial score (nSPS) is 27.4. The molecule has 8 heteroatoms. The number of amides is 1. The van der Waals surface area contributed by atoms with E-state index in [1.165, 1.54) is 6.42 Å². The van der Waals surface area contributed by atoms with Crippen molar-refractivity contribution >= 4 is 21.7 Å². The maximum Gasteiger partial charge on any atom is 0.253 e. The van der Waals surface area contributed by atoms with Crippen molar-refractivity contribution in [3.63, 3.8) is 0 Å². The van der Waals surface area contributed by atoms with E-state index < -0.39 is 15.1 Å². The second-order valence-electron chi connectivity index (χ2n) is 8.80. The fourth-order valence-electron chi connectivity index (χ4n) is 5.02. The summed E-state index contributed by atoms with van der Waals surface area (Å²) >= 11 is 0. The van der Waals surface area contributed by atoms with E-state index in [0.29, 0.717) is 29.5 Å². The molecule has 4 heterocycles. The van der Waals surface area contributed by atoms with Crippen molar-refractivity contribution in [2.45, 2.75) is 36.7 Å². The highest BCUT2D eigenvalue weighted by Gasteiger charge is 2.48. The zero-order chi connectivity index (χ0) is 20.9. The van der Waals surface area contributed by atoms with Gasteiger partial charge in [-0.25, -0.2) is 18.4 Å². The van der Waals surface area contributed by atoms with Gasteiger partial charge in [-0.15, -0.1) is 0 Å². The highest BCUT2D eigenvalue weighted by Crippen LogP contribution is 2.40. The number of hydrogen-bond donors (Lipinski definition) is 0. The van der Waals surface area contributed by atoms with Crippen LogP contribution in [0.5, 0.6) is 0 Å². The number of aromatic nitrogens is 2. The van der Waals surface area contributed by atoms with Crippen molar-refractivity contribution in [2.24, 2.45) is 5.92 Å². The predicted molar refractivity (Wildman–Crippen MR) is 114 cm³/mol. The molecule has 0 radical (unpaired) electrons. The van der Waals surface area contributed by atoms with E-state index in [1.54, 1.807) is 23.2 Å². The maximum absolute atomic E-state index is 13.0. The van der Waals surface area contributed by atoms with Crippen LogP contribution in [0.4, 0.5) is 5.95 Å². The summed E-state index contributed by atoms with van der Waals surface area (Å²) in [5.74, 6) is 0.813. The Balaban J connectivity index is 1.47. The smallest absolute Gasteiger partial charge is 0.253 e. The van der Waals surface area contributed by atoms with Crippen LogP contribution in [0.1, 0.15) is 47.3 Å². The monoisotopic (exact) mass is 426 g/mol. The number of rotatable bonds is 2. The SMILES string of the molecule is C[C@H]1CCCN(c2ncc3c(n2)[C@H]2CN(C(=O)c4ccccc4)C[C@H]2S(=O)(=O)C3)C1. The van der Waals surface area contributed by atoms with Gasteiger partial charge in [0, 0.05) is 49.4 Å². The van der Waals surface area contributed by atoms with Gasteiger partial charge in [-0.3, -0.25) is 4.79 Å². The quantitative estimate of drug-likeness (QED) is 0.732. The van der Waals surface area contributed by atoms with Crippen molar-refractivity contribution < 1.29 is 13.2 Å². The molecule has 3 atom stereocenters. The first kappa shape index (κ1) is 19.5. The molecule has 2 aromatic rings. The molecule has 0 unspecified atom stereocenters. The van der Waals surface area contributed by atoms with Crippen LogP contribution in [0.15, 0.2) is 36.5 Å². The fourth-order valence-corrected chi connectivity index (χ4v) is 7.01. The number of hydrogen-bond acceptors (Lipinski definition) is 6. The highest BCUT2D eigenvalue weighted by molar-refractivity contribution is 7.91. The third kappa shape index (κ3) is 3.37. The van der Waals surface area contributed by atoms with Gasteiger partial charge < -0.3 is 9.80 Å². The lowest BCUT2D eigenvalue weighted by molar-refractivity contribution is 0.0791. The van der Waals surface area contributed by atoms with Crippen molar-refractivity contribution in [3.05, 3.63) is 53.3 Å². The minimum absolute atomic E-state index is 0.0481. The van der Waals surface area contributed by atoms with Gasteiger partial charge in [-0.05, 0) is 30.9 Å². The number of nitrogens with zero attached hydrogens (tertiary/aromatic N) is 4. The molecular weight excluding hydrogens is 400 g/mol. The van der Waals surface area contributed by atoms with Crippen LogP contribution < -0.4 is 4.90 Å². The zero-order valence-corrected chi connectivity index (χ0v) is 17.9. The van der Waals surface area contributed by atoms with Crippen molar-refractivity contribution in [2.75, 3.05) is 31.1 Å². The zero-order valence-electron chi connectivity index (χ0n) is 17.1. The molecule has 1 amide bonds. The second-order valence-corrected chi connectivity index (χ2v) is 11.0. The Morgan fingerprint density at radius 1 is 1.13 bits per heavy atom. The van der Waals surface area contributed by atoms with Crippen LogP contribution in [0, 0.1) is 5.92 Å². The standard InChI is InChI=1S/C22H26N4O3S/c1-15-6-5-9-25(11-15)22-23-10-17-14-30(28,29)19-13-26(12-18(19)20(17)24-22)21(27)16-7-3-2-4-8-16/h2-4,7-8,10,15,18-19H,5-6,9,11-14H2,1H3/t15-,18-,19+/m0/s1. The van der Waals surface area contributed by atoms with Gasteiger partial charge in [0.1, 0.15) is 0 Å². The van der Waals surface area contributed by atoms with Crippen LogP contribution >= 0.6 is 0 Å². The number of carbonyl (C=O) groups is 1. The van der Waals surface area contributed by atoms with Crippen LogP contribution in [-0.2, 0) is 15.6 Å². The van der Waals surface area contributed by atoms with E-state index in [9.17, 15) is 13.2 Å². The van der Waals surface area contributed by atoms with Gasteiger partial charge in [0.25, 0.3) is 5.91 Å². The number of anilines is 1. The highest BCUT2D eigenvalue weighted by atomic mass is 32.2. The predicted octanol–water partition coefficient (Wildman–Crippen LogP) is 2.25. The first-order chi connectivity index (χ1) is 14.4. The Kier molecular flexibility index (Phi) is 4.76. The molecule has 5 rings (SSSR count). The van der Waals surface area contributed by atoms with Gasteiger partial charge in [0.15, 0.2) is 9.84 Å². The van der Waals surface area contributed by atoms with E-state index in [2.05, 4.69) is 16.8 Å². The van der Waals surface area contributed by atoms with Gasteiger partial charge in [0.05, 0.1) is 16.7 Å². The molecule has 3 aliphatic heterocycles. The van der Waals surface area contributed by atoms with Crippen molar-refractivity contribution in [1.29, 1.82) is 0 Å². The molecule has 0 spiro atoms. The Bertz CT molecular complexity index is 1070. The molecule has 7 nitrogen and oxygen atoms in total. The van der Waals surface area contributed by atoms with Gasteiger partial charge >= 0.3 is 0 Å². The van der Waals surface area contributed by atoms with Crippen LogP contribution in [-0.4, -0.2) is 60.6 Å². The number of carbonyl (C=O) groups excluding carboxylic acids is 1. The second kappa shape index (κ2) is 7.34. The average molecular weight is 427 g/mol. The third-order valence-electron chi connectivity index (χ3n) is 6.57. The summed E-state index contributed by atoms with van der Waals surface area (Å²) in [4.78, 5) is 26.2. The van der Waals surface area contributed by atoms with E-state index in [4.69, 9.17) is 4.98 Å². The minimum atomic E-state index is -3.36. The van der Waals surface area contributed by atoms with E-state index in [0.717, 1.165) is 25.2 Å². The number of likely N-dealkylation sites (tertiary alicyclic amines) is 1. The molecule has 1 aromatic carbocycles. The van der Waals surface area contributed by atoms with E-state index in [1.807, 2.05) is 18.2 Å².